The molecule has 0 amide bonds. The number of hydrogen-bond acceptors (Lipinski definition) is 1. The van der Waals surface area contributed by atoms with E-state index in [9.17, 15) is 4.79 Å². The monoisotopic (exact) mass is 206 g/mol. The van der Waals surface area contributed by atoms with Crippen LogP contribution in [0.15, 0.2) is 23.3 Å². The molecule has 0 aliphatic heterocycles. The lowest BCUT2D eigenvalue weighted by Crippen LogP contribution is -2.19. The molecule has 1 rings (SSSR count). The predicted molar refractivity (Wildman–Crippen MR) is 64.7 cm³/mol. The number of carbonyl (C=O) groups is 1. The third-order valence-corrected chi connectivity index (χ3v) is 4.01. The van der Waals surface area contributed by atoms with E-state index in [2.05, 4.69) is 32.9 Å². The highest BCUT2D eigenvalue weighted by Gasteiger charge is 2.33. The van der Waals surface area contributed by atoms with Gasteiger partial charge in [0, 0.05) is 0 Å². The van der Waals surface area contributed by atoms with Crippen LogP contribution in [0, 0.1) is 11.3 Å². The number of hydrogen-bond donors (Lipinski definition) is 0. The van der Waals surface area contributed by atoms with Gasteiger partial charge in [0.25, 0.3) is 0 Å². The lowest BCUT2D eigenvalue weighted by atomic mass is 9.76. The summed E-state index contributed by atoms with van der Waals surface area (Å²) < 4.78 is 0. The lowest BCUT2D eigenvalue weighted by Gasteiger charge is -2.29. The van der Waals surface area contributed by atoms with Crippen LogP contribution in [0.4, 0.5) is 0 Å². The van der Waals surface area contributed by atoms with E-state index in [0.717, 1.165) is 18.4 Å². The SMILES string of the molecule is CC(=O)/C(C)=C/C[C@@H]1CC=C(C)C1(C)C. The second-order valence-corrected chi connectivity index (χ2v) is 5.22. The van der Waals surface area contributed by atoms with Crippen LogP contribution < -0.4 is 0 Å². The van der Waals surface area contributed by atoms with Crippen LogP contribution in [0.3, 0.4) is 0 Å². The molecule has 0 radical (unpaired) electrons. The smallest absolute Gasteiger partial charge is 0.155 e. The van der Waals surface area contributed by atoms with Crippen LogP contribution in [0.5, 0.6) is 0 Å². The number of carbonyl (C=O) groups excluding carboxylic acids is 1. The van der Waals surface area contributed by atoms with Crippen LogP contribution >= 0.6 is 0 Å². The first-order valence-corrected chi connectivity index (χ1v) is 5.70. The fourth-order valence-electron chi connectivity index (χ4n) is 2.05. The van der Waals surface area contributed by atoms with E-state index in [1.807, 2.05) is 6.92 Å². The van der Waals surface area contributed by atoms with Crippen molar-refractivity contribution in [3.8, 4) is 0 Å². The predicted octanol–water partition coefficient (Wildman–Crippen LogP) is 3.90. The van der Waals surface area contributed by atoms with Gasteiger partial charge in [-0.2, -0.15) is 0 Å². The van der Waals surface area contributed by atoms with E-state index in [4.69, 9.17) is 0 Å². The molecular formula is C14H22O. The number of ketones is 1. The Labute approximate surface area is 93.3 Å². The molecule has 0 spiro atoms. The van der Waals surface area contributed by atoms with Crippen molar-refractivity contribution in [1.29, 1.82) is 0 Å². The summed E-state index contributed by atoms with van der Waals surface area (Å²) in [6, 6.07) is 0. The summed E-state index contributed by atoms with van der Waals surface area (Å²) in [6.07, 6.45) is 6.61. The fourth-order valence-corrected chi connectivity index (χ4v) is 2.05. The van der Waals surface area contributed by atoms with E-state index >= 15 is 0 Å². The highest BCUT2D eigenvalue weighted by atomic mass is 16.1. The number of rotatable bonds is 3. The topological polar surface area (TPSA) is 17.1 Å². The summed E-state index contributed by atoms with van der Waals surface area (Å²) in [5.74, 6) is 0.849. The van der Waals surface area contributed by atoms with E-state index in [-0.39, 0.29) is 5.78 Å². The van der Waals surface area contributed by atoms with Gasteiger partial charge in [-0.05, 0) is 50.5 Å². The van der Waals surface area contributed by atoms with E-state index < -0.39 is 0 Å². The summed E-state index contributed by atoms with van der Waals surface area (Å²) in [5, 5.41) is 0. The van der Waals surface area contributed by atoms with Crippen LogP contribution in [-0.2, 0) is 4.79 Å². The third kappa shape index (κ3) is 2.58. The van der Waals surface area contributed by atoms with E-state index in [1.54, 1.807) is 6.92 Å². The zero-order valence-electron chi connectivity index (χ0n) is 10.6. The highest BCUT2D eigenvalue weighted by molar-refractivity contribution is 5.92. The minimum atomic E-state index is 0.190. The van der Waals surface area contributed by atoms with Crippen LogP contribution in [-0.4, -0.2) is 5.78 Å². The summed E-state index contributed by atoms with van der Waals surface area (Å²) in [4.78, 5) is 11.1. The molecule has 1 heteroatoms. The minimum absolute atomic E-state index is 0.190. The molecule has 0 bridgehead atoms. The average Bonchev–Trinajstić information content (AvgIpc) is 2.39. The third-order valence-electron chi connectivity index (χ3n) is 4.01. The summed E-state index contributed by atoms with van der Waals surface area (Å²) >= 11 is 0. The van der Waals surface area contributed by atoms with Gasteiger partial charge < -0.3 is 0 Å². The quantitative estimate of drug-likeness (QED) is 0.505. The average molecular weight is 206 g/mol. The van der Waals surface area contributed by atoms with Crippen molar-refractivity contribution >= 4 is 5.78 Å². The van der Waals surface area contributed by atoms with Crippen molar-refractivity contribution in [3.05, 3.63) is 23.3 Å². The first-order chi connectivity index (χ1) is 6.85. The summed E-state index contributed by atoms with van der Waals surface area (Å²) in [5.41, 5.74) is 2.69. The van der Waals surface area contributed by atoms with Crippen molar-refractivity contribution < 1.29 is 4.79 Å². The molecule has 0 aromatic heterocycles. The summed E-state index contributed by atoms with van der Waals surface area (Å²) in [7, 11) is 0. The fraction of sp³-hybridized carbons (Fsp3) is 0.643. The highest BCUT2D eigenvalue weighted by Crippen LogP contribution is 2.44. The zero-order chi connectivity index (χ0) is 11.6. The minimum Gasteiger partial charge on any atom is -0.295 e. The van der Waals surface area contributed by atoms with Gasteiger partial charge in [-0.1, -0.05) is 31.6 Å². The molecule has 15 heavy (non-hydrogen) atoms. The largest absolute Gasteiger partial charge is 0.295 e. The molecule has 0 aromatic carbocycles. The van der Waals surface area contributed by atoms with Crippen molar-refractivity contribution in [3.63, 3.8) is 0 Å². The molecule has 1 aliphatic rings. The standard InChI is InChI=1S/C14H22O/c1-10(12(3)15)6-8-13-9-7-11(2)14(13,4)5/h6-7,13H,8-9H2,1-5H3/b10-6+/t13-/m1/s1. The molecule has 0 fully saturated rings. The van der Waals surface area contributed by atoms with E-state index in [1.165, 1.54) is 5.57 Å². The van der Waals surface area contributed by atoms with Gasteiger partial charge in [0.1, 0.15) is 0 Å². The maximum atomic E-state index is 11.1. The maximum Gasteiger partial charge on any atom is 0.155 e. The Balaban J connectivity index is 2.64. The Morgan fingerprint density at radius 3 is 2.53 bits per heavy atom. The van der Waals surface area contributed by atoms with Crippen molar-refractivity contribution in [2.45, 2.75) is 47.5 Å². The Bertz CT molecular complexity index is 318. The van der Waals surface area contributed by atoms with Gasteiger partial charge in [-0.15, -0.1) is 0 Å². The molecule has 0 unspecified atom stereocenters. The summed E-state index contributed by atoms with van der Waals surface area (Å²) in [6.45, 7) is 10.3. The van der Waals surface area contributed by atoms with Crippen molar-refractivity contribution in [2.24, 2.45) is 11.3 Å². The Morgan fingerprint density at radius 1 is 1.53 bits per heavy atom. The van der Waals surface area contributed by atoms with Gasteiger partial charge in [-0.25, -0.2) is 0 Å². The molecule has 84 valence electrons. The molecule has 0 heterocycles. The first kappa shape index (κ1) is 12.2. The van der Waals surface area contributed by atoms with Gasteiger partial charge in [0.05, 0.1) is 0 Å². The van der Waals surface area contributed by atoms with Gasteiger partial charge in [0.2, 0.25) is 0 Å². The van der Waals surface area contributed by atoms with E-state index in [0.29, 0.717) is 11.3 Å². The van der Waals surface area contributed by atoms with Crippen LogP contribution in [0.2, 0.25) is 0 Å². The van der Waals surface area contributed by atoms with Crippen molar-refractivity contribution in [1.82, 2.24) is 0 Å². The van der Waals surface area contributed by atoms with Gasteiger partial charge in [0.15, 0.2) is 5.78 Å². The molecule has 0 saturated carbocycles. The van der Waals surface area contributed by atoms with Crippen LogP contribution in [0.1, 0.15) is 47.5 Å². The zero-order valence-corrected chi connectivity index (χ0v) is 10.6. The number of allylic oxidation sites excluding steroid dienone is 4. The Morgan fingerprint density at radius 2 is 2.13 bits per heavy atom. The molecular weight excluding hydrogens is 184 g/mol. The normalized spacial score (nSPS) is 25.3. The second kappa shape index (κ2) is 4.34. The molecule has 1 nitrogen and oxygen atoms in total. The molecule has 0 N–H and O–H groups in total. The maximum absolute atomic E-state index is 11.1. The van der Waals surface area contributed by atoms with Gasteiger partial charge in [-0.3, -0.25) is 4.79 Å². The number of Topliss-reactive ketones (excluding diaryl/α,β-unsaturated/α-hetero) is 1. The van der Waals surface area contributed by atoms with Gasteiger partial charge >= 0.3 is 0 Å². The molecule has 0 saturated heterocycles. The first-order valence-electron chi connectivity index (χ1n) is 5.70. The molecule has 0 aromatic rings. The molecule has 1 atom stereocenters. The Hall–Kier alpha value is -0.850. The Kier molecular flexibility index (Phi) is 3.54. The van der Waals surface area contributed by atoms with Crippen LogP contribution in [0.25, 0.3) is 0 Å². The lowest BCUT2D eigenvalue weighted by molar-refractivity contribution is -0.113. The molecule has 1 aliphatic carbocycles. The van der Waals surface area contributed by atoms with Crippen molar-refractivity contribution in [2.75, 3.05) is 0 Å². The second-order valence-electron chi connectivity index (χ2n) is 5.22.